The first-order valence-corrected chi connectivity index (χ1v) is 5.19. The van der Waals surface area contributed by atoms with Gasteiger partial charge >= 0.3 is 31.2 Å². The SMILES string of the molecule is FC(F)(F)c1cc(-[c-]2cccc2)cc(C(F)(F)F)c1.[Li+]. The molecule has 0 saturated heterocycles. The molecule has 0 unspecified atom stereocenters. The summed E-state index contributed by atoms with van der Waals surface area (Å²) in [5.74, 6) is 0. The molecule has 0 fully saturated rings. The minimum Gasteiger partial charge on any atom is -0.167 e. The van der Waals surface area contributed by atoms with Crippen LogP contribution in [-0.4, -0.2) is 0 Å². The van der Waals surface area contributed by atoms with E-state index in [1.54, 1.807) is 12.1 Å². The standard InChI is InChI=1S/C13H7F6.Li/c14-12(15,16)10-5-9(8-3-1-2-4-8)6-11(7-10)13(17,18)19;/h1-7H;/q-1;+1. The molecule has 0 atom stereocenters. The molecule has 0 heterocycles. The fraction of sp³-hybridized carbons (Fsp3) is 0.154. The summed E-state index contributed by atoms with van der Waals surface area (Å²) < 4.78 is 75.7. The fourth-order valence-corrected chi connectivity index (χ4v) is 1.69. The predicted octanol–water partition coefficient (Wildman–Crippen LogP) is 2.11. The van der Waals surface area contributed by atoms with E-state index >= 15 is 0 Å². The maximum atomic E-state index is 12.6. The Balaban J connectivity index is 0.00000200. The molecule has 0 amide bonds. The van der Waals surface area contributed by atoms with Crippen molar-refractivity contribution in [3.63, 3.8) is 0 Å². The van der Waals surface area contributed by atoms with Crippen LogP contribution in [0.5, 0.6) is 0 Å². The minimum absolute atomic E-state index is 0. The van der Waals surface area contributed by atoms with Gasteiger partial charge in [0.25, 0.3) is 0 Å². The van der Waals surface area contributed by atoms with Crippen LogP contribution in [0.1, 0.15) is 11.1 Å². The van der Waals surface area contributed by atoms with Crippen LogP contribution in [0.2, 0.25) is 0 Å². The van der Waals surface area contributed by atoms with Gasteiger partial charge in [-0.25, -0.2) is 0 Å². The smallest absolute Gasteiger partial charge is 0.167 e. The number of halogens is 6. The first-order valence-electron chi connectivity index (χ1n) is 5.19. The van der Waals surface area contributed by atoms with Gasteiger partial charge in [0.2, 0.25) is 0 Å². The second-order valence-corrected chi connectivity index (χ2v) is 3.97. The molecule has 0 aliphatic rings. The molecule has 2 rings (SSSR count). The van der Waals surface area contributed by atoms with Crippen LogP contribution < -0.4 is 18.9 Å². The molecule has 0 nitrogen and oxygen atoms in total. The van der Waals surface area contributed by atoms with Crippen molar-refractivity contribution in [1.29, 1.82) is 0 Å². The third-order valence-electron chi connectivity index (χ3n) is 2.58. The number of benzene rings is 1. The molecule has 0 aromatic heterocycles. The average molecular weight is 284 g/mol. The zero-order valence-corrected chi connectivity index (χ0v) is 10.3. The number of rotatable bonds is 1. The van der Waals surface area contributed by atoms with E-state index in [2.05, 4.69) is 0 Å². The maximum Gasteiger partial charge on any atom is 1.00 e. The molecule has 0 bridgehead atoms. The Labute approximate surface area is 122 Å². The number of hydrogen-bond acceptors (Lipinski definition) is 0. The van der Waals surface area contributed by atoms with Crippen molar-refractivity contribution in [2.75, 3.05) is 0 Å². The van der Waals surface area contributed by atoms with E-state index in [9.17, 15) is 26.3 Å². The van der Waals surface area contributed by atoms with Crippen molar-refractivity contribution in [2.45, 2.75) is 12.4 Å². The largest absolute Gasteiger partial charge is 1.00 e. The van der Waals surface area contributed by atoms with Gasteiger partial charge in [-0.1, -0.05) is 11.6 Å². The molecule has 0 N–H and O–H groups in total. The van der Waals surface area contributed by atoms with Crippen LogP contribution in [0.15, 0.2) is 42.5 Å². The summed E-state index contributed by atoms with van der Waals surface area (Å²) in [4.78, 5) is 0. The Bertz CT molecular complexity index is 533. The van der Waals surface area contributed by atoms with Crippen molar-refractivity contribution in [3.8, 4) is 11.1 Å². The van der Waals surface area contributed by atoms with Gasteiger partial charge in [-0.3, -0.25) is 0 Å². The first kappa shape index (κ1) is 16.8. The molecule has 7 heteroatoms. The molecule has 0 aliphatic heterocycles. The fourth-order valence-electron chi connectivity index (χ4n) is 1.69. The van der Waals surface area contributed by atoms with E-state index in [0.717, 1.165) is 0 Å². The van der Waals surface area contributed by atoms with Gasteiger partial charge in [-0.05, 0) is 0 Å². The van der Waals surface area contributed by atoms with Crippen molar-refractivity contribution in [3.05, 3.63) is 53.6 Å². The first-order chi connectivity index (χ1) is 8.68. The van der Waals surface area contributed by atoms with E-state index in [4.69, 9.17) is 0 Å². The van der Waals surface area contributed by atoms with Crippen LogP contribution in [0.3, 0.4) is 0 Å². The molecule has 102 valence electrons. The van der Waals surface area contributed by atoms with Gasteiger partial charge in [0.1, 0.15) is 0 Å². The second-order valence-electron chi connectivity index (χ2n) is 3.97. The summed E-state index contributed by atoms with van der Waals surface area (Å²) in [7, 11) is 0. The van der Waals surface area contributed by atoms with E-state index in [0.29, 0.717) is 17.7 Å². The van der Waals surface area contributed by atoms with Crippen molar-refractivity contribution < 1.29 is 45.2 Å². The van der Waals surface area contributed by atoms with Gasteiger partial charge in [-0.15, -0.1) is 29.8 Å². The van der Waals surface area contributed by atoms with Crippen LogP contribution in [-0.2, 0) is 12.4 Å². The van der Waals surface area contributed by atoms with Crippen LogP contribution in [0, 0.1) is 0 Å². The molecule has 0 spiro atoms. The molecular weight excluding hydrogens is 277 g/mol. The van der Waals surface area contributed by atoms with Gasteiger partial charge < -0.3 is 0 Å². The summed E-state index contributed by atoms with van der Waals surface area (Å²) in [6.45, 7) is 0. The molecule has 20 heavy (non-hydrogen) atoms. The quantitative estimate of drug-likeness (QED) is 0.427. The van der Waals surface area contributed by atoms with E-state index in [1.165, 1.54) is 12.1 Å². The van der Waals surface area contributed by atoms with E-state index in [1.807, 2.05) is 0 Å². The topological polar surface area (TPSA) is 0 Å². The van der Waals surface area contributed by atoms with Gasteiger partial charge in [-0.2, -0.15) is 38.5 Å². The van der Waals surface area contributed by atoms with Crippen LogP contribution in [0.25, 0.3) is 11.1 Å². The van der Waals surface area contributed by atoms with Crippen LogP contribution >= 0.6 is 0 Å². The van der Waals surface area contributed by atoms with Gasteiger partial charge in [0.05, 0.1) is 0 Å². The van der Waals surface area contributed by atoms with Crippen molar-refractivity contribution in [2.24, 2.45) is 0 Å². The van der Waals surface area contributed by atoms with Crippen LogP contribution in [0.4, 0.5) is 26.3 Å². The predicted molar refractivity (Wildman–Crippen MR) is 57.5 cm³/mol. The van der Waals surface area contributed by atoms with Gasteiger partial charge in [0.15, 0.2) is 0 Å². The molecular formula is C13H7F6Li. The third-order valence-corrected chi connectivity index (χ3v) is 2.58. The molecule has 2 aromatic carbocycles. The summed E-state index contributed by atoms with van der Waals surface area (Å²) in [6, 6.07) is 7.54. The average Bonchev–Trinajstić information content (AvgIpc) is 2.79. The summed E-state index contributed by atoms with van der Waals surface area (Å²) in [5, 5.41) is 0. The maximum absolute atomic E-state index is 12.6. The van der Waals surface area contributed by atoms with E-state index < -0.39 is 23.5 Å². The third kappa shape index (κ3) is 3.65. The summed E-state index contributed by atoms with van der Waals surface area (Å²) >= 11 is 0. The number of alkyl halides is 6. The zero-order chi connectivity index (χ0) is 14.3. The minimum atomic E-state index is -4.82. The van der Waals surface area contributed by atoms with Gasteiger partial charge in [0, 0.05) is 11.1 Å². The Kier molecular flexibility index (Phi) is 4.73. The Morgan fingerprint density at radius 1 is 0.700 bits per heavy atom. The second kappa shape index (κ2) is 5.63. The van der Waals surface area contributed by atoms with E-state index in [-0.39, 0.29) is 30.5 Å². The number of hydrogen-bond donors (Lipinski definition) is 0. The Hall–Kier alpha value is -1.25. The molecule has 0 saturated carbocycles. The molecule has 0 radical (unpaired) electrons. The monoisotopic (exact) mass is 284 g/mol. The van der Waals surface area contributed by atoms with Crippen molar-refractivity contribution in [1.82, 2.24) is 0 Å². The summed E-state index contributed by atoms with van der Waals surface area (Å²) in [6.07, 6.45) is -9.63. The zero-order valence-electron chi connectivity index (χ0n) is 10.3. The molecule has 0 aliphatic carbocycles. The summed E-state index contributed by atoms with van der Waals surface area (Å²) in [5.41, 5.74) is -2.40. The van der Waals surface area contributed by atoms with Crippen molar-refractivity contribution >= 4 is 0 Å². The molecule has 2 aromatic rings. The Morgan fingerprint density at radius 2 is 1.10 bits per heavy atom. The normalized spacial score (nSPS) is 12.1. The Morgan fingerprint density at radius 3 is 1.45 bits per heavy atom.